The normalized spacial score (nSPS) is 18.6. The fourth-order valence-electron chi connectivity index (χ4n) is 1.66. The number of hydrogen-bond donors (Lipinski definition) is 2. The Morgan fingerprint density at radius 2 is 2.28 bits per heavy atom. The summed E-state index contributed by atoms with van der Waals surface area (Å²) >= 11 is 0. The second-order valence-electron chi connectivity index (χ2n) is 4.05. The number of hydrogen-bond acceptors (Lipinski definition) is 3. The lowest BCUT2D eigenvalue weighted by Crippen LogP contribution is -2.48. The lowest BCUT2D eigenvalue weighted by atomic mass is 10.2. The Morgan fingerprint density at radius 1 is 1.44 bits per heavy atom. The van der Waals surface area contributed by atoms with Gasteiger partial charge in [0, 0.05) is 30.6 Å². The van der Waals surface area contributed by atoms with Crippen LogP contribution >= 0.6 is 0 Å². The molecule has 0 aliphatic carbocycles. The standard InChI is InChI=1S/C14H16N2O2/c17-14(7-6-12-4-2-1-3-5-12)16-10-13-11-18-9-8-15-13/h1-5,13,15H,8-11H2,(H,16,17). The van der Waals surface area contributed by atoms with E-state index in [1.165, 1.54) is 0 Å². The molecule has 18 heavy (non-hydrogen) atoms. The summed E-state index contributed by atoms with van der Waals surface area (Å²) in [5, 5.41) is 6.03. The van der Waals surface area contributed by atoms with Crippen LogP contribution in [0.5, 0.6) is 0 Å². The highest BCUT2D eigenvalue weighted by Gasteiger charge is 2.12. The average molecular weight is 244 g/mol. The molecule has 94 valence electrons. The van der Waals surface area contributed by atoms with E-state index in [0.717, 1.165) is 18.7 Å². The van der Waals surface area contributed by atoms with Crippen LogP contribution in [0.3, 0.4) is 0 Å². The summed E-state index contributed by atoms with van der Waals surface area (Å²) in [4.78, 5) is 11.5. The zero-order valence-corrected chi connectivity index (χ0v) is 10.1. The lowest BCUT2D eigenvalue weighted by molar-refractivity contribution is -0.115. The molecule has 4 heteroatoms. The quantitative estimate of drug-likeness (QED) is 0.728. The number of morpholine rings is 1. The van der Waals surface area contributed by atoms with Crippen LogP contribution in [-0.2, 0) is 9.53 Å². The molecule has 0 aromatic heterocycles. The number of rotatable bonds is 2. The summed E-state index contributed by atoms with van der Waals surface area (Å²) in [5.74, 6) is 5.13. The van der Waals surface area contributed by atoms with Crippen LogP contribution in [0.25, 0.3) is 0 Å². The summed E-state index contributed by atoms with van der Waals surface area (Å²) in [5.41, 5.74) is 0.840. The number of amides is 1. The highest BCUT2D eigenvalue weighted by molar-refractivity contribution is 5.94. The maximum Gasteiger partial charge on any atom is 0.296 e. The number of carbonyl (C=O) groups is 1. The Kier molecular flexibility index (Phi) is 4.77. The van der Waals surface area contributed by atoms with Crippen LogP contribution in [0.1, 0.15) is 5.56 Å². The van der Waals surface area contributed by atoms with Gasteiger partial charge in [0.25, 0.3) is 5.91 Å². The summed E-state index contributed by atoms with van der Waals surface area (Å²) in [6.07, 6.45) is 0. The first-order chi connectivity index (χ1) is 8.84. The molecule has 1 amide bonds. The molecule has 1 atom stereocenters. The first-order valence-electron chi connectivity index (χ1n) is 6.00. The van der Waals surface area contributed by atoms with E-state index in [2.05, 4.69) is 22.5 Å². The van der Waals surface area contributed by atoms with Crippen molar-refractivity contribution in [3.05, 3.63) is 35.9 Å². The SMILES string of the molecule is O=C(C#Cc1ccccc1)NCC1COCCN1. The van der Waals surface area contributed by atoms with Crippen molar-refractivity contribution in [1.29, 1.82) is 0 Å². The van der Waals surface area contributed by atoms with Gasteiger partial charge in [0.2, 0.25) is 0 Å². The molecule has 4 nitrogen and oxygen atoms in total. The molecule has 1 aliphatic heterocycles. The smallest absolute Gasteiger partial charge is 0.296 e. The molecule has 1 heterocycles. The lowest BCUT2D eigenvalue weighted by Gasteiger charge is -2.23. The number of benzene rings is 1. The van der Waals surface area contributed by atoms with Crippen molar-refractivity contribution in [2.45, 2.75) is 6.04 Å². The monoisotopic (exact) mass is 244 g/mol. The van der Waals surface area contributed by atoms with Crippen molar-refractivity contribution in [2.75, 3.05) is 26.3 Å². The van der Waals surface area contributed by atoms with E-state index in [9.17, 15) is 4.79 Å². The van der Waals surface area contributed by atoms with Crippen molar-refractivity contribution in [3.8, 4) is 11.8 Å². The molecule has 1 unspecified atom stereocenters. The molecular weight excluding hydrogens is 228 g/mol. The Morgan fingerprint density at radius 3 is 3.00 bits per heavy atom. The summed E-state index contributed by atoms with van der Waals surface area (Å²) in [6, 6.07) is 9.63. The average Bonchev–Trinajstić information content (AvgIpc) is 2.45. The van der Waals surface area contributed by atoms with Crippen LogP contribution in [0, 0.1) is 11.8 Å². The zero-order chi connectivity index (χ0) is 12.6. The third kappa shape index (κ3) is 4.21. The molecule has 0 saturated carbocycles. The van der Waals surface area contributed by atoms with Crippen molar-refractivity contribution in [1.82, 2.24) is 10.6 Å². The van der Waals surface area contributed by atoms with Gasteiger partial charge in [-0.1, -0.05) is 24.1 Å². The van der Waals surface area contributed by atoms with E-state index in [0.29, 0.717) is 13.2 Å². The molecule has 0 radical (unpaired) electrons. The van der Waals surface area contributed by atoms with E-state index >= 15 is 0 Å². The molecule has 0 spiro atoms. The minimum atomic E-state index is -0.258. The molecule has 1 saturated heterocycles. The van der Waals surface area contributed by atoms with Crippen LogP contribution in [0.4, 0.5) is 0 Å². The first kappa shape index (κ1) is 12.6. The summed E-state index contributed by atoms with van der Waals surface area (Å²) in [7, 11) is 0. The van der Waals surface area contributed by atoms with Gasteiger partial charge in [-0.05, 0) is 12.1 Å². The van der Waals surface area contributed by atoms with Crippen LogP contribution < -0.4 is 10.6 Å². The number of carbonyl (C=O) groups excluding carboxylic acids is 1. The second-order valence-corrected chi connectivity index (χ2v) is 4.05. The van der Waals surface area contributed by atoms with Crippen LogP contribution in [0.15, 0.2) is 30.3 Å². The van der Waals surface area contributed by atoms with E-state index in [-0.39, 0.29) is 11.9 Å². The van der Waals surface area contributed by atoms with Crippen LogP contribution in [-0.4, -0.2) is 38.3 Å². The van der Waals surface area contributed by atoms with Crippen molar-refractivity contribution < 1.29 is 9.53 Å². The predicted molar refractivity (Wildman–Crippen MR) is 68.9 cm³/mol. The Labute approximate surface area is 107 Å². The van der Waals surface area contributed by atoms with E-state index in [1.807, 2.05) is 30.3 Å². The van der Waals surface area contributed by atoms with Gasteiger partial charge >= 0.3 is 0 Å². The largest absolute Gasteiger partial charge is 0.378 e. The van der Waals surface area contributed by atoms with Gasteiger partial charge in [-0.15, -0.1) is 0 Å². The maximum atomic E-state index is 11.5. The van der Waals surface area contributed by atoms with Gasteiger partial charge in [0.15, 0.2) is 0 Å². The zero-order valence-electron chi connectivity index (χ0n) is 10.1. The van der Waals surface area contributed by atoms with E-state index < -0.39 is 0 Å². The molecule has 1 aliphatic rings. The third-order valence-corrected chi connectivity index (χ3v) is 2.60. The third-order valence-electron chi connectivity index (χ3n) is 2.60. The van der Waals surface area contributed by atoms with Crippen molar-refractivity contribution in [3.63, 3.8) is 0 Å². The number of ether oxygens (including phenoxy) is 1. The Hall–Kier alpha value is -1.83. The van der Waals surface area contributed by atoms with Gasteiger partial charge in [-0.3, -0.25) is 4.79 Å². The Balaban J connectivity index is 1.77. The van der Waals surface area contributed by atoms with Crippen molar-refractivity contribution in [2.24, 2.45) is 0 Å². The fourth-order valence-corrected chi connectivity index (χ4v) is 1.66. The van der Waals surface area contributed by atoms with Gasteiger partial charge in [-0.2, -0.15) is 0 Å². The predicted octanol–water partition coefficient (Wildman–Crippen LogP) is 0.143. The van der Waals surface area contributed by atoms with Gasteiger partial charge in [0.05, 0.1) is 13.2 Å². The van der Waals surface area contributed by atoms with Gasteiger partial charge in [-0.25, -0.2) is 0 Å². The number of nitrogens with one attached hydrogen (secondary N) is 2. The van der Waals surface area contributed by atoms with Gasteiger partial charge < -0.3 is 15.4 Å². The minimum absolute atomic E-state index is 0.182. The minimum Gasteiger partial charge on any atom is -0.378 e. The molecule has 2 N–H and O–H groups in total. The molecule has 0 bridgehead atoms. The van der Waals surface area contributed by atoms with E-state index in [4.69, 9.17) is 4.74 Å². The maximum absolute atomic E-state index is 11.5. The highest BCUT2D eigenvalue weighted by atomic mass is 16.5. The van der Waals surface area contributed by atoms with Crippen LogP contribution in [0.2, 0.25) is 0 Å². The molecule has 2 rings (SSSR count). The molecular formula is C14H16N2O2. The summed E-state index contributed by atoms with van der Waals surface area (Å²) in [6.45, 7) is 2.74. The Bertz CT molecular complexity index is 442. The highest BCUT2D eigenvalue weighted by Crippen LogP contribution is 1.94. The first-order valence-corrected chi connectivity index (χ1v) is 6.00. The molecule has 1 aromatic carbocycles. The second kappa shape index (κ2) is 6.80. The topological polar surface area (TPSA) is 50.4 Å². The molecule has 1 aromatic rings. The van der Waals surface area contributed by atoms with Crippen molar-refractivity contribution >= 4 is 5.91 Å². The molecule has 1 fully saturated rings. The van der Waals surface area contributed by atoms with Gasteiger partial charge in [0.1, 0.15) is 0 Å². The fraction of sp³-hybridized carbons (Fsp3) is 0.357. The summed E-state index contributed by atoms with van der Waals surface area (Å²) < 4.78 is 5.29. The van der Waals surface area contributed by atoms with E-state index in [1.54, 1.807) is 0 Å².